The first-order valence-corrected chi connectivity index (χ1v) is 8.25. The van der Waals surface area contributed by atoms with Crippen molar-refractivity contribution in [3.05, 3.63) is 66.2 Å². The second-order valence-electron chi connectivity index (χ2n) is 5.95. The van der Waals surface area contributed by atoms with Gasteiger partial charge < -0.3 is 5.32 Å². The number of anilines is 1. The minimum absolute atomic E-state index is 0.00123. The lowest BCUT2D eigenvalue weighted by molar-refractivity contribution is -0.117. The van der Waals surface area contributed by atoms with Crippen molar-refractivity contribution in [2.24, 2.45) is 5.10 Å². The van der Waals surface area contributed by atoms with E-state index in [-0.39, 0.29) is 17.5 Å². The highest BCUT2D eigenvalue weighted by molar-refractivity contribution is 6.65. The standard InChI is InChI=1S/C20H23N3O2/c1-15(2)23(18-12-8-5-9-13-18)22-19(16(3)24)20(25)21-14-17-10-6-4-7-11-17/h4-13,15H,14H2,1-3H3,(H,21,25). The summed E-state index contributed by atoms with van der Waals surface area (Å²) in [5.41, 5.74) is 1.68. The van der Waals surface area contributed by atoms with Crippen LogP contribution in [0.5, 0.6) is 0 Å². The molecule has 2 aromatic carbocycles. The summed E-state index contributed by atoms with van der Waals surface area (Å²) in [6, 6.07) is 19.0. The molecule has 25 heavy (non-hydrogen) atoms. The highest BCUT2D eigenvalue weighted by Gasteiger charge is 2.20. The van der Waals surface area contributed by atoms with Crippen molar-refractivity contribution < 1.29 is 9.59 Å². The Morgan fingerprint density at radius 1 is 1.00 bits per heavy atom. The predicted octanol–water partition coefficient (Wildman–Crippen LogP) is 3.16. The zero-order valence-corrected chi connectivity index (χ0v) is 14.8. The van der Waals surface area contributed by atoms with Crippen LogP contribution in [0.4, 0.5) is 5.69 Å². The summed E-state index contributed by atoms with van der Waals surface area (Å²) < 4.78 is 0. The Hall–Kier alpha value is -2.95. The van der Waals surface area contributed by atoms with Gasteiger partial charge in [-0.25, -0.2) is 0 Å². The number of carbonyl (C=O) groups is 2. The number of amides is 1. The van der Waals surface area contributed by atoms with E-state index in [9.17, 15) is 9.59 Å². The normalized spacial score (nSPS) is 11.3. The van der Waals surface area contributed by atoms with Gasteiger partial charge in [-0.1, -0.05) is 48.5 Å². The van der Waals surface area contributed by atoms with Crippen molar-refractivity contribution in [3.63, 3.8) is 0 Å². The molecule has 0 saturated heterocycles. The number of nitrogens with one attached hydrogen (secondary N) is 1. The molecule has 0 aliphatic heterocycles. The molecule has 0 aromatic heterocycles. The third-order valence-electron chi connectivity index (χ3n) is 3.56. The molecule has 0 saturated carbocycles. The third kappa shape index (κ3) is 5.28. The average Bonchev–Trinajstić information content (AvgIpc) is 2.61. The van der Waals surface area contributed by atoms with E-state index in [2.05, 4.69) is 10.4 Å². The number of para-hydroxylation sites is 1. The van der Waals surface area contributed by atoms with Crippen LogP contribution >= 0.6 is 0 Å². The molecule has 1 amide bonds. The van der Waals surface area contributed by atoms with E-state index in [1.807, 2.05) is 74.5 Å². The average molecular weight is 337 g/mol. The Bertz CT molecular complexity index is 740. The van der Waals surface area contributed by atoms with Crippen LogP contribution in [0.1, 0.15) is 26.3 Å². The van der Waals surface area contributed by atoms with Gasteiger partial charge in [-0.2, -0.15) is 5.10 Å². The first kappa shape index (κ1) is 18.4. The quantitative estimate of drug-likeness (QED) is 0.479. The van der Waals surface area contributed by atoms with Gasteiger partial charge in [0, 0.05) is 19.5 Å². The molecular formula is C20H23N3O2. The van der Waals surface area contributed by atoms with Crippen LogP contribution in [-0.4, -0.2) is 23.4 Å². The molecule has 0 spiro atoms. The first-order chi connectivity index (χ1) is 12.0. The maximum atomic E-state index is 12.5. The maximum Gasteiger partial charge on any atom is 0.275 e. The lowest BCUT2D eigenvalue weighted by Crippen LogP contribution is -2.38. The predicted molar refractivity (Wildman–Crippen MR) is 100 cm³/mol. The molecule has 5 nitrogen and oxygen atoms in total. The number of carbonyl (C=O) groups excluding carboxylic acids is 2. The van der Waals surface area contributed by atoms with Gasteiger partial charge in [-0.15, -0.1) is 0 Å². The summed E-state index contributed by atoms with van der Waals surface area (Å²) in [6.07, 6.45) is 0. The Kier molecular flexibility index (Phi) is 6.46. The van der Waals surface area contributed by atoms with Gasteiger partial charge in [0.1, 0.15) is 0 Å². The highest BCUT2D eigenvalue weighted by Crippen LogP contribution is 2.17. The largest absolute Gasteiger partial charge is 0.346 e. The summed E-state index contributed by atoms with van der Waals surface area (Å²) in [5, 5.41) is 8.78. The second kappa shape index (κ2) is 8.78. The third-order valence-corrected chi connectivity index (χ3v) is 3.56. The van der Waals surface area contributed by atoms with E-state index in [0.717, 1.165) is 11.3 Å². The van der Waals surface area contributed by atoms with E-state index in [1.54, 1.807) is 5.01 Å². The SMILES string of the molecule is CC(=O)C(=NN(c1ccccc1)C(C)C)C(=O)NCc1ccccc1. The smallest absolute Gasteiger partial charge is 0.275 e. The highest BCUT2D eigenvalue weighted by atomic mass is 16.2. The van der Waals surface area contributed by atoms with Crippen LogP contribution < -0.4 is 10.3 Å². The monoisotopic (exact) mass is 337 g/mol. The number of hydrogen-bond donors (Lipinski definition) is 1. The lowest BCUT2D eigenvalue weighted by Gasteiger charge is -2.24. The van der Waals surface area contributed by atoms with Crippen LogP contribution in [0.15, 0.2) is 65.8 Å². The van der Waals surface area contributed by atoms with E-state index >= 15 is 0 Å². The van der Waals surface area contributed by atoms with Crippen LogP contribution in [0.25, 0.3) is 0 Å². The number of hydrazone groups is 1. The van der Waals surface area contributed by atoms with Gasteiger partial charge in [0.15, 0.2) is 11.5 Å². The molecule has 0 aliphatic rings. The number of rotatable bonds is 7. The molecule has 2 rings (SSSR count). The molecule has 0 heterocycles. The second-order valence-corrected chi connectivity index (χ2v) is 5.95. The Labute approximate surface area is 148 Å². The molecule has 0 radical (unpaired) electrons. The molecule has 2 aromatic rings. The van der Waals surface area contributed by atoms with E-state index in [1.165, 1.54) is 6.92 Å². The van der Waals surface area contributed by atoms with Crippen LogP contribution in [0.3, 0.4) is 0 Å². The summed E-state index contributed by atoms with van der Waals surface area (Å²) in [5.74, 6) is -0.843. The minimum Gasteiger partial charge on any atom is -0.346 e. The van der Waals surface area contributed by atoms with Gasteiger partial charge in [0.2, 0.25) is 0 Å². The van der Waals surface area contributed by atoms with Gasteiger partial charge >= 0.3 is 0 Å². The summed E-state index contributed by atoms with van der Waals surface area (Å²) >= 11 is 0. The fraction of sp³-hybridized carbons (Fsp3) is 0.250. The summed E-state index contributed by atoms with van der Waals surface area (Å²) in [7, 11) is 0. The molecule has 0 bridgehead atoms. The minimum atomic E-state index is -0.474. The number of benzene rings is 2. The number of hydrogen-bond acceptors (Lipinski definition) is 4. The fourth-order valence-electron chi connectivity index (χ4n) is 2.30. The topological polar surface area (TPSA) is 61.8 Å². The van der Waals surface area contributed by atoms with Gasteiger partial charge in [0.25, 0.3) is 5.91 Å². The summed E-state index contributed by atoms with van der Waals surface area (Å²) in [4.78, 5) is 24.4. The molecule has 0 aliphatic carbocycles. The zero-order chi connectivity index (χ0) is 18.2. The Morgan fingerprint density at radius 2 is 1.56 bits per heavy atom. The molecule has 0 unspecified atom stereocenters. The lowest BCUT2D eigenvalue weighted by atomic mass is 10.2. The van der Waals surface area contributed by atoms with E-state index < -0.39 is 5.91 Å². The van der Waals surface area contributed by atoms with Gasteiger partial charge in [-0.3, -0.25) is 14.6 Å². The molecule has 0 fully saturated rings. The molecular weight excluding hydrogens is 314 g/mol. The molecule has 5 heteroatoms. The fourth-order valence-corrected chi connectivity index (χ4v) is 2.30. The Balaban J connectivity index is 2.21. The maximum absolute atomic E-state index is 12.5. The van der Waals surface area contributed by atoms with E-state index in [4.69, 9.17) is 0 Å². The number of nitrogens with zero attached hydrogens (tertiary/aromatic N) is 2. The van der Waals surface area contributed by atoms with Gasteiger partial charge in [0.05, 0.1) is 5.69 Å². The van der Waals surface area contributed by atoms with Crippen molar-refractivity contribution in [2.75, 3.05) is 5.01 Å². The molecule has 1 N–H and O–H groups in total. The summed E-state index contributed by atoms with van der Waals surface area (Å²) in [6.45, 7) is 5.61. The van der Waals surface area contributed by atoms with Crippen LogP contribution in [0, 0.1) is 0 Å². The van der Waals surface area contributed by atoms with Gasteiger partial charge in [-0.05, 0) is 31.5 Å². The number of ketones is 1. The van der Waals surface area contributed by atoms with E-state index in [0.29, 0.717) is 6.54 Å². The van der Waals surface area contributed by atoms with Crippen molar-refractivity contribution in [1.82, 2.24) is 5.32 Å². The molecule has 0 atom stereocenters. The number of Topliss-reactive ketones (excluding diaryl/α,β-unsaturated/α-hetero) is 1. The van der Waals surface area contributed by atoms with Crippen LogP contribution in [-0.2, 0) is 16.1 Å². The molecule has 130 valence electrons. The first-order valence-electron chi connectivity index (χ1n) is 8.25. The zero-order valence-electron chi connectivity index (χ0n) is 14.8. The Morgan fingerprint density at radius 3 is 2.08 bits per heavy atom. The van der Waals surface area contributed by atoms with Crippen molar-refractivity contribution in [1.29, 1.82) is 0 Å². The van der Waals surface area contributed by atoms with Crippen molar-refractivity contribution in [3.8, 4) is 0 Å². The van der Waals surface area contributed by atoms with Crippen molar-refractivity contribution >= 4 is 23.1 Å². The van der Waals surface area contributed by atoms with Crippen molar-refractivity contribution in [2.45, 2.75) is 33.4 Å². The van der Waals surface area contributed by atoms with Crippen LogP contribution in [0.2, 0.25) is 0 Å².